The molecule has 1 unspecified atom stereocenters. The number of carbonyl (C=O) groups excluding carboxylic acids is 1. The minimum absolute atomic E-state index is 0.262. The fourth-order valence-corrected chi connectivity index (χ4v) is 2.99. The van der Waals surface area contributed by atoms with Crippen molar-refractivity contribution in [2.24, 2.45) is 0 Å². The Morgan fingerprint density at radius 1 is 1.39 bits per heavy atom. The molecule has 1 aromatic rings. The Bertz CT molecular complexity index is 604. The van der Waals surface area contributed by atoms with Crippen LogP contribution in [0, 0.1) is 0 Å². The van der Waals surface area contributed by atoms with E-state index in [1.807, 2.05) is 6.92 Å². The molecule has 7 heteroatoms. The average Bonchev–Trinajstić information content (AvgIpc) is 2.55. The molecule has 1 amide bonds. The van der Waals surface area contributed by atoms with Gasteiger partial charge in [-0.3, -0.25) is 4.79 Å². The maximum Gasteiger partial charge on any atom is 0.326 e. The van der Waals surface area contributed by atoms with Gasteiger partial charge in [0.25, 0.3) is 5.91 Å². The maximum absolute atomic E-state index is 12.7. The summed E-state index contributed by atoms with van der Waals surface area (Å²) in [4.78, 5) is 25.5. The van der Waals surface area contributed by atoms with Crippen molar-refractivity contribution < 1.29 is 24.2 Å². The Hall–Kier alpha value is -1.95. The molecule has 0 aliphatic carbocycles. The zero-order valence-electron chi connectivity index (χ0n) is 13.2. The number of carboxylic acids is 1. The third kappa shape index (κ3) is 3.69. The highest BCUT2D eigenvalue weighted by Gasteiger charge is 2.33. The number of ether oxygens (including phenoxy) is 2. The van der Waals surface area contributed by atoms with Crippen LogP contribution in [0.15, 0.2) is 12.1 Å². The second-order valence-electron chi connectivity index (χ2n) is 5.27. The molecular weight excluding hydrogens is 322 g/mol. The van der Waals surface area contributed by atoms with E-state index in [9.17, 15) is 14.7 Å². The number of methoxy groups -OCH3 is 1. The molecule has 1 heterocycles. The lowest BCUT2D eigenvalue weighted by atomic mass is 10.0. The second kappa shape index (κ2) is 7.55. The first-order valence-corrected chi connectivity index (χ1v) is 7.91. The first-order valence-electron chi connectivity index (χ1n) is 7.53. The van der Waals surface area contributed by atoms with Crippen molar-refractivity contribution in [3.05, 3.63) is 22.7 Å². The monoisotopic (exact) mass is 341 g/mol. The number of hydrogen-bond acceptors (Lipinski definition) is 4. The molecule has 0 spiro atoms. The van der Waals surface area contributed by atoms with E-state index in [-0.39, 0.29) is 10.9 Å². The van der Waals surface area contributed by atoms with Gasteiger partial charge in [0.2, 0.25) is 0 Å². The van der Waals surface area contributed by atoms with Gasteiger partial charge in [-0.2, -0.15) is 0 Å². The normalized spacial score (nSPS) is 17.7. The van der Waals surface area contributed by atoms with Crippen LogP contribution in [0.4, 0.5) is 0 Å². The minimum Gasteiger partial charge on any atom is -0.493 e. The highest BCUT2D eigenvalue weighted by atomic mass is 35.5. The van der Waals surface area contributed by atoms with Crippen LogP contribution in [0.25, 0.3) is 0 Å². The van der Waals surface area contributed by atoms with Gasteiger partial charge in [-0.1, -0.05) is 11.6 Å². The van der Waals surface area contributed by atoms with Crippen molar-refractivity contribution in [3.8, 4) is 11.5 Å². The molecule has 1 aromatic carbocycles. The van der Waals surface area contributed by atoms with E-state index in [2.05, 4.69) is 0 Å². The molecule has 0 saturated carbocycles. The zero-order chi connectivity index (χ0) is 17.0. The second-order valence-corrected chi connectivity index (χ2v) is 5.68. The molecule has 0 bridgehead atoms. The Labute approximate surface area is 139 Å². The number of likely N-dealkylation sites (tertiary alicyclic amines) is 1. The van der Waals surface area contributed by atoms with E-state index in [0.29, 0.717) is 36.6 Å². The van der Waals surface area contributed by atoms with E-state index >= 15 is 0 Å². The highest BCUT2D eigenvalue weighted by Crippen LogP contribution is 2.37. The number of aliphatic carboxylic acids is 1. The lowest BCUT2D eigenvalue weighted by molar-refractivity contribution is -0.143. The SMILES string of the molecule is CCOc1c(Cl)cc(C(=O)N2CCCCC2C(=O)O)cc1OC. The van der Waals surface area contributed by atoms with E-state index in [0.717, 1.165) is 12.8 Å². The summed E-state index contributed by atoms with van der Waals surface area (Å²) in [5, 5.41) is 9.57. The van der Waals surface area contributed by atoms with Crippen LogP contribution in [0.2, 0.25) is 5.02 Å². The lowest BCUT2D eigenvalue weighted by Gasteiger charge is -2.33. The molecule has 1 saturated heterocycles. The summed E-state index contributed by atoms with van der Waals surface area (Å²) in [5.41, 5.74) is 0.295. The predicted molar refractivity (Wildman–Crippen MR) is 85.5 cm³/mol. The Balaban J connectivity index is 2.35. The van der Waals surface area contributed by atoms with Gasteiger partial charge in [0, 0.05) is 12.1 Å². The van der Waals surface area contributed by atoms with Gasteiger partial charge in [-0.15, -0.1) is 0 Å². The molecule has 1 fully saturated rings. The average molecular weight is 342 g/mol. The van der Waals surface area contributed by atoms with Crippen molar-refractivity contribution in [1.82, 2.24) is 4.90 Å². The number of benzene rings is 1. The largest absolute Gasteiger partial charge is 0.493 e. The maximum atomic E-state index is 12.7. The number of nitrogens with zero attached hydrogens (tertiary/aromatic N) is 1. The van der Waals surface area contributed by atoms with Crippen molar-refractivity contribution >= 4 is 23.5 Å². The molecule has 0 radical (unpaired) electrons. The van der Waals surface area contributed by atoms with Gasteiger partial charge in [-0.25, -0.2) is 4.79 Å². The Morgan fingerprint density at radius 3 is 2.74 bits per heavy atom. The molecule has 1 atom stereocenters. The fourth-order valence-electron chi connectivity index (χ4n) is 2.72. The van der Waals surface area contributed by atoms with E-state index in [4.69, 9.17) is 21.1 Å². The quantitative estimate of drug-likeness (QED) is 0.891. The van der Waals surface area contributed by atoms with Crippen LogP contribution in [0.3, 0.4) is 0 Å². The summed E-state index contributed by atoms with van der Waals surface area (Å²) >= 11 is 6.18. The van der Waals surface area contributed by atoms with Gasteiger partial charge in [0.15, 0.2) is 11.5 Å². The number of hydrogen-bond donors (Lipinski definition) is 1. The van der Waals surface area contributed by atoms with Gasteiger partial charge >= 0.3 is 5.97 Å². The van der Waals surface area contributed by atoms with Gasteiger partial charge in [0.05, 0.1) is 18.7 Å². The summed E-state index contributed by atoms with van der Waals surface area (Å²) in [5.74, 6) is -0.615. The van der Waals surface area contributed by atoms with Crippen molar-refractivity contribution in [2.75, 3.05) is 20.3 Å². The number of carboxylic acid groups (broad SMARTS) is 1. The molecule has 6 nitrogen and oxygen atoms in total. The summed E-state index contributed by atoms with van der Waals surface area (Å²) in [7, 11) is 1.46. The van der Waals surface area contributed by atoms with Crippen LogP contribution in [0.1, 0.15) is 36.5 Å². The lowest BCUT2D eigenvalue weighted by Crippen LogP contribution is -2.48. The Morgan fingerprint density at radius 2 is 2.13 bits per heavy atom. The Kier molecular flexibility index (Phi) is 5.71. The first-order chi connectivity index (χ1) is 11.0. The molecule has 1 aliphatic heterocycles. The van der Waals surface area contributed by atoms with Gasteiger partial charge in [-0.05, 0) is 38.3 Å². The van der Waals surface area contributed by atoms with Crippen molar-refractivity contribution in [2.45, 2.75) is 32.2 Å². The van der Waals surface area contributed by atoms with Crippen LogP contribution >= 0.6 is 11.6 Å². The molecule has 1 N–H and O–H groups in total. The molecule has 1 aliphatic rings. The van der Waals surface area contributed by atoms with Crippen LogP contribution in [-0.2, 0) is 4.79 Å². The number of carbonyl (C=O) groups is 2. The molecule has 23 heavy (non-hydrogen) atoms. The summed E-state index contributed by atoms with van der Waals surface area (Å²) < 4.78 is 10.7. The van der Waals surface area contributed by atoms with Crippen molar-refractivity contribution in [1.29, 1.82) is 0 Å². The topological polar surface area (TPSA) is 76.1 Å². The zero-order valence-corrected chi connectivity index (χ0v) is 13.9. The summed E-state index contributed by atoms with van der Waals surface area (Å²) in [6, 6.07) is 2.23. The van der Waals surface area contributed by atoms with E-state index in [1.165, 1.54) is 24.1 Å². The molecule has 126 valence electrons. The molecular formula is C16H20ClNO5. The van der Waals surface area contributed by atoms with Crippen LogP contribution < -0.4 is 9.47 Å². The standard InChI is InChI=1S/C16H20ClNO5/c1-3-23-14-11(17)8-10(9-13(14)22-2)15(19)18-7-5-4-6-12(18)16(20)21/h8-9,12H,3-7H2,1-2H3,(H,20,21). The third-order valence-electron chi connectivity index (χ3n) is 3.81. The molecule has 0 aromatic heterocycles. The fraction of sp³-hybridized carbons (Fsp3) is 0.500. The molecule has 2 rings (SSSR count). The number of rotatable bonds is 5. The van der Waals surface area contributed by atoms with E-state index < -0.39 is 12.0 Å². The number of amides is 1. The van der Waals surface area contributed by atoms with Crippen LogP contribution in [-0.4, -0.2) is 48.2 Å². The summed E-state index contributed by atoms with van der Waals surface area (Å²) in [6.45, 7) is 2.65. The summed E-state index contributed by atoms with van der Waals surface area (Å²) in [6.07, 6.45) is 2.05. The van der Waals surface area contributed by atoms with Gasteiger partial charge in [0.1, 0.15) is 6.04 Å². The first kappa shape index (κ1) is 17.4. The smallest absolute Gasteiger partial charge is 0.326 e. The minimum atomic E-state index is -0.984. The van der Waals surface area contributed by atoms with Gasteiger partial charge < -0.3 is 19.5 Å². The number of piperidine rings is 1. The number of halogens is 1. The van der Waals surface area contributed by atoms with E-state index in [1.54, 1.807) is 0 Å². The highest BCUT2D eigenvalue weighted by molar-refractivity contribution is 6.32. The third-order valence-corrected chi connectivity index (χ3v) is 4.09. The van der Waals surface area contributed by atoms with Crippen LogP contribution in [0.5, 0.6) is 11.5 Å². The van der Waals surface area contributed by atoms with Crippen molar-refractivity contribution in [3.63, 3.8) is 0 Å². The predicted octanol–water partition coefficient (Wildman–Crippen LogP) is 2.83.